The molecular formula is C15H17FO4. The first-order valence-corrected chi connectivity index (χ1v) is 6.97. The van der Waals surface area contributed by atoms with E-state index in [9.17, 15) is 14.3 Å². The van der Waals surface area contributed by atoms with Gasteiger partial charge in [0.15, 0.2) is 11.5 Å². The summed E-state index contributed by atoms with van der Waals surface area (Å²) >= 11 is 0. The first-order chi connectivity index (χ1) is 9.65. The van der Waals surface area contributed by atoms with Crippen molar-refractivity contribution in [3.05, 3.63) is 23.5 Å². The van der Waals surface area contributed by atoms with Gasteiger partial charge in [-0.2, -0.15) is 0 Å². The van der Waals surface area contributed by atoms with E-state index in [1.807, 2.05) is 0 Å². The van der Waals surface area contributed by atoms with Gasteiger partial charge in [0.2, 0.25) is 0 Å². The van der Waals surface area contributed by atoms with E-state index in [-0.39, 0.29) is 11.3 Å². The molecule has 1 aromatic carbocycles. The van der Waals surface area contributed by atoms with Crippen LogP contribution in [-0.4, -0.2) is 24.3 Å². The molecule has 0 radical (unpaired) electrons. The molecule has 0 bridgehead atoms. The van der Waals surface area contributed by atoms with Gasteiger partial charge >= 0.3 is 5.97 Å². The largest absolute Gasteiger partial charge is 0.486 e. The van der Waals surface area contributed by atoms with Crippen LogP contribution in [0.3, 0.4) is 0 Å². The Morgan fingerprint density at radius 1 is 1.15 bits per heavy atom. The van der Waals surface area contributed by atoms with Crippen molar-refractivity contribution in [2.24, 2.45) is 0 Å². The molecule has 0 saturated heterocycles. The first-order valence-electron chi connectivity index (χ1n) is 6.97. The van der Waals surface area contributed by atoms with Gasteiger partial charge in [-0.15, -0.1) is 0 Å². The maximum absolute atomic E-state index is 14.4. The lowest BCUT2D eigenvalue weighted by Gasteiger charge is -2.36. The van der Waals surface area contributed by atoms with Crippen molar-refractivity contribution in [2.75, 3.05) is 13.2 Å². The van der Waals surface area contributed by atoms with Gasteiger partial charge in [0, 0.05) is 0 Å². The van der Waals surface area contributed by atoms with Crippen molar-refractivity contribution in [2.45, 2.75) is 37.5 Å². The normalized spacial score (nSPS) is 20.4. The van der Waals surface area contributed by atoms with E-state index in [0.29, 0.717) is 31.8 Å². The molecular weight excluding hydrogens is 263 g/mol. The summed E-state index contributed by atoms with van der Waals surface area (Å²) < 4.78 is 25.4. The van der Waals surface area contributed by atoms with Crippen LogP contribution in [0.4, 0.5) is 4.39 Å². The smallest absolute Gasteiger partial charge is 0.314 e. The molecule has 108 valence electrons. The number of rotatable bonds is 2. The van der Waals surface area contributed by atoms with Crippen LogP contribution in [0.15, 0.2) is 12.1 Å². The molecule has 2 aliphatic rings. The maximum atomic E-state index is 14.4. The summed E-state index contributed by atoms with van der Waals surface area (Å²) in [6, 6.07) is 2.79. The summed E-state index contributed by atoms with van der Waals surface area (Å²) in [5.74, 6) is -0.767. The molecule has 1 saturated carbocycles. The zero-order valence-corrected chi connectivity index (χ0v) is 11.2. The van der Waals surface area contributed by atoms with E-state index >= 15 is 0 Å². The number of benzene rings is 1. The Labute approximate surface area is 116 Å². The highest BCUT2D eigenvalue weighted by Gasteiger charge is 2.46. The predicted molar refractivity (Wildman–Crippen MR) is 69.8 cm³/mol. The summed E-state index contributed by atoms with van der Waals surface area (Å²) in [5.41, 5.74) is -1.02. The summed E-state index contributed by atoms with van der Waals surface area (Å²) in [4.78, 5) is 11.9. The van der Waals surface area contributed by atoms with Crippen LogP contribution in [-0.2, 0) is 10.2 Å². The van der Waals surface area contributed by atoms with Crippen molar-refractivity contribution < 1.29 is 23.8 Å². The fraction of sp³-hybridized carbons (Fsp3) is 0.533. The fourth-order valence-corrected chi connectivity index (χ4v) is 3.26. The SMILES string of the molecule is O=C(O)C1(c2c(F)ccc3c2OCCO3)CCCCC1. The minimum Gasteiger partial charge on any atom is -0.486 e. The first kappa shape index (κ1) is 13.2. The van der Waals surface area contributed by atoms with Gasteiger partial charge in [0.25, 0.3) is 0 Å². The topological polar surface area (TPSA) is 55.8 Å². The third-order valence-corrected chi connectivity index (χ3v) is 4.25. The lowest BCUT2D eigenvalue weighted by Crippen LogP contribution is -2.39. The monoisotopic (exact) mass is 280 g/mol. The summed E-state index contributed by atoms with van der Waals surface area (Å²) in [6.07, 6.45) is 3.45. The lowest BCUT2D eigenvalue weighted by molar-refractivity contribution is -0.145. The van der Waals surface area contributed by atoms with Gasteiger partial charge in [-0.1, -0.05) is 19.3 Å². The Hall–Kier alpha value is -1.78. The maximum Gasteiger partial charge on any atom is 0.314 e. The minimum absolute atomic E-state index is 0.168. The Bertz CT molecular complexity index is 535. The zero-order chi connectivity index (χ0) is 14.2. The van der Waals surface area contributed by atoms with E-state index in [0.717, 1.165) is 19.3 Å². The van der Waals surface area contributed by atoms with Crippen LogP contribution < -0.4 is 9.47 Å². The second kappa shape index (κ2) is 4.96. The Morgan fingerprint density at radius 3 is 2.55 bits per heavy atom. The van der Waals surface area contributed by atoms with E-state index in [1.54, 1.807) is 0 Å². The lowest BCUT2D eigenvalue weighted by atomic mass is 9.69. The van der Waals surface area contributed by atoms with Crippen LogP contribution in [0.5, 0.6) is 11.5 Å². The van der Waals surface area contributed by atoms with E-state index in [2.05, 4.69) is 0 Å². The summed E-state index contributed by atoms with van der Waals surface area (Å²) in [7, 11) is 0. The zero-order valence-electron chi connectivity index (χ0n) is 11.2. The highest BCUT2D eigenvalue weighted by Crippen LogP contribution is 2.48. The standard InChI is InChI=1S/C15H17FO4/c16-10-4-5-11-13(20-9-8-19-11)12(10)15(14(17)18)6-2-1-3-7-15/h4-5H,1-3,6-9H2,(H,17,18). The van der Waals surface area contributed by atoms with Gasteiger partial charge in [0.05, 0.1) is 11.0 Å². The highest BCUT2D eigenvalue weighted by atomic mass is 19.1. The number of carbonyl (C=O) groups is 1. The van der Waals surface area contributed by atoms with Crippen molar-refractivity contribution >= 4 is 5.97 Å². The number of halogens is 1. The molecule has 3 rings (SSSR count). The molecule has 0 amide bonds. The van der Waals surface area contributed by atoms with Crippen molar-refractivity contribution in [1.82, 2.24) is 0 Å². The average molecular weight is 280 g/mol. The summed E-state index contributed by atoms with van der Waals surface area (Å²) in [6.45, 7) is 0.720. The van der Waals surface area contributed by atoms with E-state index in [4.69, 9.17) is 9.47 Å². The third-order valence-electron chi connectivity index (χ3n) is 4.25. The molecule has 0 aromatic heterocycles. The molecule has 1 heterocycles. The molecule has 1 aliphatic heterocycles. The van der Waals surface area contributed by atoms with Gasteiger partial charge in [0.1, 0.15) is 19.0 Å². The fourth-order valence-electron chi connectivity index (χ4n) is 3.26. The number of aliphatic carboxylic acids is 1. The van der Waals surface area contributed by atoms with Crippen molar-refractivity contribution in [3.8, 4) is 11.5 Å². The molecule has 1 aromatic rings. The van der Waals surface area contributed by atoms with Crippen LogP contribution in [0, 0.1) is 5.82 Å². The van der Waals surface area contributed by atoms with Gasteiger partial charge in [-0.05, 0) is 25.0 Å². The van der Waals surface area contributed by atoms with E-state index in [1.165, 1.54) is 12.1 Å². The third kappa shape index (κ3) is 1.92. The second-order valence-electron chi connectivity index (χ2n) is 5.39. The molecule has 0 atom stereocenters. The van der Waals surface area contributed by atoms with Gasteiger partial charge < -0.3 is 14.6 Å². The molecule has 1 fully saturated rings. The number of hydrogen-bond donors (Lipinski definition) is 1. The quantitative estimate of drug-likeness (QED) is 0.905. The molecule has 0 spiro atoms. The predicted octanol–water partition coefficient (Wildman–Crippen LogP) is 2.88. The Balaban J connectivity index is 2.18. The number of carboxylic acid groups (broad SMARTS) is 1. The van der Waals surface area contributed by atoms with Crippen LogP contribution in [0.25, 0.3) is 0 Å². The van der Waals surface area contributed by atoms with Crippen molar-refractivity contribution in [1.29, 1.82) is 0 Å². The number of carboxylic acids is 1. The molecule has 1 aliphatic carbocycles. The molecule has 4 nitrogen and oxygen atoms in total. The number of hydrogen-bond acceptors (Lipinski definition) is 3. The number of ether oxygens (including phenoxy) is 2. The molecule has 1 N–H and O–H groups in total. The van der Waals surface area contributed by atoms with Crippen LogP contribution in [0.2, 0.25) is 0 Å². The Kier molecular flexibility index (Phi) is 3.28. The minimum atomic E-state index is -1.19. The van der Waals surface area contributed by atoms with Gasteiger partial charge in [-0.25, -0.2) is 4.39 Å². The molecule has 0 unspecified atom stereocenters. The number of fused-ring (bicyclic) bond motifs is 1. The van der Waals surface area contributed by atoms with Crippen LogP contribution in [0.1, 0.15) is 37.7 Å². The Morgan fingerprint density at radius 2 is 1.85 bits per heavy atom. The van der Waals surface area contributed by atoms with Crippen LogP contribution >= 0.6 is 0 Å². The second-order valence-corrected chi connectivity index (χ2v) is 5.39. The van der Waals surface area contributed by atoms with E-state index < -0.39 is 17.2 Å². The summed E-state index contributed by atoms with van der Waals surface area (Å²) in [5, 5.41) is 9.71. The van der Waals surface area contributed by atoms with Crippen molar-refractivity contribution in [3.63, 3.8) is 0 Å². The molecule has 20 heavy (non-hydrogen) atoms. The van der Waals surface area contributed by atoms with Gasteiger partial charge in [-0.3, -0.25) is 4.79 Å². The molecule has 5 heteroatoms. The average Bonchev–Trinajstić information content (AvgIpc) is 2.47. The highest BCUT2D eigenvalue weighted by molar-refractivity contribution is 5.83.